The number of carbonyl (C=O) groups is 1. The van der Waals surface area contributed by atoms with Crippen molar-refractivity contribution in [2.24, 2.45) is 17.1 Å². The number of amides is 1. The number of nitrogens with zero attached hydrogens (tertiary/aromatic N) is 4. The minimum atomic E-state index is -4.59. The largest absolute Gasteiger partial charge is 0.433 e. The van der Waals surface area contributed by atoms with Gasteiger partial charge < -0.3 is 16.2 Å². The first kappa shape index (κ1) is 25.0. The summed E-state index contributed by atoms with van der Waals surface area (Å²) in [6.07, 6.45) is -0.974. The van der Waals surface area contributed by atoms with Crippen molar-refractivity contribution in [1.82, 2.24) is 19.9 Å². The number of hydrogen-bond donors (Lipinski definition) is 3. The number of anilines is 2. The van der Waals surface area contributed by atoms with Crippen molar-refractivity contribution in [1.29, 1.82) is 0 Å². The van der Waals surface area contributed by atoms with Gasteiger partial charge in [0.2, 0.25) is 5.91 Å². The minimum Gasteiger partial charge on any atom is -0.383 e. The number of pyridine rings is 1. The fourth-order valence-corrected chi connectivity index (χ4v) is 5.62. The summed E-state index contributed by atoms with van der Waals surface area (Å²) in [7, 11) is 0. The highest BCUT2D eigenvalue weighted by molar-refractivity contribution is 7.15. The van der Waals surface area contributed by atoms with E-state index in [1.807, 2.05) is 26.8 Å². The Kier molecular flexibility index (Phi) is 6.30. The van der Waals surface area contributed by atoms with Gasteiger partial charge >= 0.3 is 6.18 Å². The Morgan fingerprint density at radius 3 is 2.60 bits per heavy atom. The zero-order chi connectivity index (χ0) is 25.6. The third-order valence-corrected chi connectivity index (χ3v) is 7.43. The van der Waals surface area contributed by atoms with Crippen LogP contribution in [0.1, 0.15) is 49.4 Å². The van der Waals surface area contributed by atoms with Gasteiger partial charge in [-0.3, -0.25) is 4.79 Å². The van der Waals surface area contributed by atoms with Gasteiger partial charge in [-0.05, 0) is 49.3 Å². The van der Waals surface area contributed by atoms with E-state index >= 15 is 0 Å². The number of thiazole rings is 1. The lowest BCUT2D eigenvalue weighted by Gasteiger charge is -2.44. The molecule has 0 radical (unpaired) electrons. The fourth-order valence-electron chi connectivity index (χ4n) is 4.63. The lowest BCUT2D eigenvalue weighted by Crippen LogP contribution is -2.46. The monoisotopic (exact) mass is 506 g/mol. The number of rotatable bonds is 5. The summed E-state index contributed by atoms with van der Waals surface area (Å²) in [5, 5.41) is 14.7. The number of aryl methyl sites for hydroxylation is 1. The van der Waals surface area contributed by atoms with E-state index < -0.39 is 22.9 Å². The molecule has 12 heteroatoms. The number of halogens is 3. The van der Waals surface area contributed by atoms with E-state index in [4.69, 9.17) is 5.73 Å². The van der Waals surface area contributed by atoms with Crippen molar-refractivity contribution in [3.8, 4) is 10.6 Å². The number of primary amides is 1. The van der Waals surface area contributed by atoms with Crippen molar-refractivity contribution in [2.75, 3.05) is 5.32 Å². The second-order valence-corrected chi connectivity index (χ2v) is 10.6. The molecule has 0 aromatic carbocycles. The Hall–Kier alpha value is -3.12. The fraction of sp³-hybridized carbons (Fsp3) is 0.435. The summed E-state index contributed by atoms with van der Waals surface area (Å²) in [4.78, 5) is 28.6. The number of aliphatic hydroxyl groups is 1. The summed E-state index contributed by atoms with van der Waals surface area (Å²) >= 11 is 1.29. The number of alkyl halides is 3. The Bertz CT molecular complexity index is 1260. The van der Waals surface area contributed by atoms with Gasteiger partial charge in [-0.15, -0.1) is 11.3 Å². The maximum absolute atomic E-state index is 13.0. The second kappa shape index (κ2) is 8.83. The SMILES string of the molecule is Cc1cc(Nc2cc(C(F)(F)F)ncn2)nc(-c2cnc([C@@]3(O)CC[C@H](C(N)=O)C(C)(C)C3)s2)c1. The molecular formula is C23H25F3N6O2S. The Morgan fingerprint density at radius 2 is 1.94 bits per heavy atom. The number of aromatic nitrogens is 4. The molecule has 0 spiro atoms. The normalized spacial score (nSPS) is 22.1. The van der Waals surface area contributed by atoms with Crippen molar-refractivity contribution in [3.05, 3.63) is 47.0 Å². The van der Waals surface area contributed by atoms with Gasteiger partial charge in [-0.25, -0.2) is 19.9 Å². The topological polar surface area (TPSA) is 127 Å². The molecule has 1 aliphatic carbocycles. The highest BCUT2D eigenvalue weighted by Gasteiger charge is 2.48. The molecule has 3 aromatic rings. The molecule has 0 unspecified atom stereocenters. The first-order valence-electron chi connectivity index (χ1n) is 10.9. The first-order valence-corrected chi connectivity index (χ1v) is 11.7. The number of nitrogens with two attached hydrogens (primary N) is 1. The van der Waals surface area contributed by atoms with Crippen molar-refractivity contribution >= 4 is 28.9 Å². The zero-order valence-electron chi connectivity index (χ0n) is 19.3. The smallest absolute Gasteiger partial charge is 0.383 e. The van der Waals surface area contributed by atoms with E-state index in [0.717, 1.165) is 18.0 Å². The van der Waals surface area contributed by atoms with Crippen molar-refractivity contribution < 1.29 is 23.1 Å². The third-order valence-electron chi connectivity index (χ3n) is 6.22. The van der Waals surface area contributed by atoms with E-state index in [2.05, 4.69) is 25.3 Å². The molecule has 35 heavy (non-hydrogen) atoms. The molecule has 4 N–H and O–H groups in total. The third kappa shape index (κ3) is 5.27. The van der Waals surface area contributed by atoms with Crippen LogP contribution in [0.3, 0.4) is 0 Å². The van der Waals surface area contributed by atoms with Gasteiger partial charge in [0, 0.05) is 18.2 Å². The van der Waals surface area contributed by atoms with E-state index in [1.165, 1.54) is 11.3 Å². The number of nitrogens with one attached hydrogen (secondary N) is 1. The van der Waals surface area contributed by atoms with Crippen LogP contribution < -0.4 is 11.1 Å². The number of carbonyl (C=O) groups excluding carboxylic acids is 1. The lowest BCUT2D eigenvalue weighted by molar-refractivity contribution is -0.141. The summed E-state index contributed by atoms with van der Waals surface area (Å²) < 4.78 is 38.9. The van der Waals surface area contributed by atoms with E-state index in [0.29, 0.717) is 40.7 Å². The highest BCUT2D eigenvalue weighted by Crippen LogP contribution is 2.50. The molecule has 1 fully saturated rings. The molecule has 0 saturated heterocycles. The van der Waals surface area contributed by atoms with Crippen LogP contribution in [0.4, 0.5) is 24.8 Å². The summed E-state index contributed by atoms with van der Waals surface area (Å²) in [6.45, 7) is 5.66. The molecule has 4 rings (SSSR count). The summed E-state index contributed by atoms with van der Waals surface area (Å²) in [5.41, 5.74) is 4.18. The Morgan fingerprint density at radius 1 is 1.20 bits per heavy atom. The van der Waals surface area contributed by atoms with E-state index in [1.54, 1.807) is 12.3 Å². The summed E-state index contributed by atoms with van der Waals surface area (Å²) in [5.74, 6) is -0.423. The van der Waals surface area contributed by atoms with Gasteiger partial charge in [-0.1, -0.05) is 13.8 Å². The van der Waals surface area contributed by atoms with Gasteiger partial charge in [0.15, 0.2) is 0 Å². The van der Waals surface area contributed by atoms with Gasteiger partial charge in [0.25, 0.3) is 0 Å². The molecule has 1 aliphatic rings. The zero-order valence-corrected chi connectivity index (χ0v) is 20.2. The maximum Gasteiger partial charge on any atom is 0.433 e. The van der Waals surface area contributed by atoms with Gasteiger partial charge in [0.05, 0.1) is 10.6 Å². The Balaban J connectivity index is 1.59. The quantitative estimate of drug-likeness (QED) is 0.463. The van der Waals surface area contributed by atoms with E-state index in [9.17, 15) is 23.1 Å². The standard InChI is InChI=1S/C23H25F3N6O2S/c1-12-6-14(31-18(7-12)32-17-8-16(23(24,25)26)29-11-30-17)15-9-28-20(35-15)22(34)5-4-13(19(27)33)21(2,3)10-22/h6-9,11,13,34H,4-5,10H2,1-3H3,(H2,27,33)(H,29,30,31,32)/t13-,22-/m1/s1. The molecule has 3 aromatic heterocycles. The molecule has 0 bridgehead atoms. The van der Waals surface area contributed by atoms with Gasteiger partial charge in [-0.2, -0.15) is 13.2 Å². The highest BCUT2D eigenvalue weighted by atomic mass is 32.1. The Labute approximate surface area is 203 Å². The van der Waals surface area contributed by atoms with Crippen molar-refractivity contribution in [2.45, 2.75) is 51.8 Å². The molecule has 3 heterocycles. The predicted molar refractivity (Wildman–Crippen MR) is 125 cm³/mol. The van der Waals surface area contributed by atoms with Gasteiger partial charge in [0.1, 0.15) is 34.3 Å². The summed E-state index contributed by atoms with van der Waals surface area (Å²) in [6, 6.07) is 4.32. The number of hydrogen-bond acceptors (Lipinski definition) is 8. The van der Waals surface area contributed by atoms with Crippen LogP contribution in [0.2, 0.25) is 0 Å². The van der Waals surface area contributed by atoms with Crippen LogP contribution in [0.25, 0.3) is 10.6 Å². The molecule has 0 aliphatic heterocycles. The van der Waals surface area contributed by atoms with Crippen molar-refractivity contribution in [3.63, 3.8) is 0 Å². The minimum absolute atomic E-state index is 0.0379. The molecule has 1 saturated carbocycles. The molecule has 1 amide bonds. The van der Waals surface area contributed by atoms with Crippen LogP contribution in [0.5, 0.6) is 0 Å². The van der Waals surface area contributed by atoms with Crippen LogP contribution in [-0.2, 0) is 16.6 Å². The van der Waals surface area contributed by atoms with Crippen LogP contribution >= 0.6 is 11.3 Å². The van der Waals surface area contributed by atoms with Crippen LogP contribution in [0.15, 0.2) is 30.7 Å². The molecule has 186 valence electrons. The van der Waals surface area contributed by atoms with Crippen LogP contribution in [-0.4, -0.2) is 30.9 Å². The second-order valence-electron chi connectivity index (χ2n) is 9.55. The first-order chi connectivity index (χ1) is 16.3. The molecular weight excluding hydrogens is 481 g/mol. The lowest BCUT2D eigenvalue weighted by atomic mass is 9.63. The predicted octanol–water partition coefficient (Wildman–Crippen LogP) is 4.57. The molecule has 2 atom stereocenters. The molecule has 8 nitrogen and oxygen atoms in total. The maximum atomic E-state index is 13.0. The van der Waals surface area contributed by atoms with Crippen LogP contribution in [0, 0.1) is 18.3 Å². The average molecular weight is 507 g/mol. The average Bonchev–Trinajstić information content (AvgIpc) is 3.23. The van der Waals surface area contributed by atoms with E-state index in [-0.39, 0.29) is 17.6 Å².